The molecule has 140 valence electrons. The van der Waals surface area contributed by atoms with Gasteiger partial charge in [0.2, 0.25) is 5.79 Å². The van der Waals surface area contributed by atoms with Crippen LogP contribution in [0.2, 0.25) is 0 Å². The number of aldehydes is 1. The molecule has 2 aromatic rings. The van der Waals surface area contributed by atoms with Gasteiger partial charge in [-0.1, -0.05) is 37.6 Å². The fourth-order valence-electron chi connectivity index (χ4n) is 3.89. The van der Waals surface area contributed by atoms with Crippen LogP contribution in [0.1, 0.15) is 48.9 Å². The Morgan fingerprint density at radius 2 is 2.04 bits per heavy atom. The van der Waals surface area contributed by atoms with Gasteiger partial charge in [-0.3, -0.25) is 4.79 Å². The van der Waals surface area contributed by atoms with Gasteiger partial charge in [-0.05, 0) is 42.2 Å². The molecule has 0 fully saturated rings. The van der Waals surface area contributed by atoms with Crippen molar-refractivity contribution in [3.05, 3.63) is 64.2 Å². The van der Waals surface area contributed by atoms with Crippen molar-refractivity contribution >= 4 is 11.9 Å². The van der Waals surface area contributed by atoms with E-state index in [1.165, 1.54) is 5.56 Å². The SMILES string of the molecule is CCCc1ccc2c(c1)OC(O)(c1ccc3c(c1)OCCC(C=O)=C3C)C2. The standard InChI is InChI=1S/C23H24O4/c1-3-4-16-5-6-17-13-23(25,27-21(17)11-16)19-7-8-20-15(2)18(14-24)9-10-26-22(20)12-19/h5-8,11-12,14,25H,3-4,9-10,13H2,1-2H3. The fraction of sp³-hybridized carbons (Fsp3) is 0.348. The Morgan fingerprint density at radius 1 is 1.19 bits per heavy atom. The number of ether oxygens (including phenoxy) is 2. The predicted octanol–water partition coefficient (Wildman–Crippen LogP) is 4.17. The van der Waals surface area contributed by atoms with E-state index in [9.17, 15) is 9.90 Å². The molecule has 0 saturated carbocycles. The van der Waals surface area contributed by atoms with Crippen LogP contribution in [0.4, 0.5) is 0 Å². The van der Waals surface area contributed by atoms with Gasteiger partial charge >= 0.3 is 0 Å². The van der Waals surface area contributed by atoms with Crippen molar-refractivity contribution in [2.24, 2.45) is 0 Å². The van der Waals surface area contributed by atoms with Crippen molar-refractivity contribution in [3.63, 3.8) is 0 Å². The third-order valence-electron chi connectivity index (χ3n) is 5.47. The molecule has 2 aliphatic heterocycles. The fourth-order valence-corrected chi connectivity index (χ4v) is 3.89. The zero-order valence-corrected chi connectivity index (χ0v) is 15.7. The number of aryl methyl sites for hydroxylation is 1. The van der Waals surface area contributed by atoms with Crippen LogP contribution in [-0.4, -0.2) is 18.0 Å². The van der Waals surface area contributed by atoms with Gasteiger partial charge in [0.15, 0.2) is 0 Å². The van der Waals surface area contributed by atoms with Gasteiger partial charge in [0, 0.05) is 29.5 Å². The minimum absolute atomic E-state index is 0.405. The van der Waals surface area contributed by atoms with E-state index in [4.69, 9.17) is 9.47 Å². The monoisotopic (exact) mass is 364 g/mol. The molecule has 1 atom stereocenters. The molecule has 4 nitrogen and oxygen atoms in total. The average Bonchev–Trinajstić information content (AvgIpc) is 2.92. The van der Waals surface area contributed by atoms with E-state index in [0.29, 0.717) is 30.8 Å². The van der Waals surface area contributed by atoms with Crippen LogP contribution in [0.25, 0.3) is 5.57 Å². The molecule has 4 heteroatoms. The molecular weight excluding hydrogens is 340 g/mol. The number of hydrogen-bond donors (Lipinski definition) is 1. The smallest absolute Gasteiger partial charge is 0.239 e. The van der Waals surface area contributed by atoms with Gasteiger partial charge in [-0.2, -0.15) is 0 Å². The molecule has 0 amide bonds. The van der Waals surface area contributed by atoms with Crippen molar-refractivity contribution < 1.29 is 19.4 Å². The molecule has 0 bridgehead atoms. The molecule has 0 aliphatic carbocycles. The number of hydrogen-bond acceptors (Lipinski definition) is 4. The maximum absolute atomic E-state index is 11.3. The lowest BCUT2D eigenvalue weighted by atomic mass is 9.95. The average molecular weight is 364 g/mol. The minimum atomic E-state index is -1.40. The van der Waals surface area contributed by atoms with Crippen LogP contribution < -0.4 is 9.47 Å². The van der Waals surface area contributed by atoms with Gasteiger partial charge in [-0.25, -0.2) is 0 Å². The van der Waals surface area contributed by atoms with E-state index in [-0.39, 0.29) is 0 Å². The van der Waals surface area contributed by atoms with E-state index >= 15 is 0 Å². The highest BCUT2D eigenvalue weighted by atomic mass is 16.6. The Kier molecular flexibility index (Phi) is 4.52. The maximum atomic E-state index is 11.3. The molecule has 0 saturated heterocycles. The Labute approximate surface area is 159 Å². The number of carbonyl (C=O) groups excluding carboxylic acids is 1. The van der Waals surface area contributed by atoms with Gasteiger partial charge in [0.25, 0.3) is 0 Å². The lowest BCUT2D eigenvalue weighted by molar-refractivity contribution is -0.129. The van der Waals surface area contributed by atoms with Crippen LogP contribution in [0.5, 0.6) is 11.5 Å². The summed E-state index contributed by atoms with van der Waals surface area (Å²) in [6.45, 7) is 4.52. The Balaban J connectivity index is 1.68. The maximum Gasteiger partial charge on any atom is 0.239 e. The molecule has 2 heterocycles. The van der Waals surface area contributed by atoms with Gasteiger partial charge in [0.05, 0.1) is 6.61 Å². The first-order chi connectivity index (χ1) is 13.0. The summed E-state index contributed by atoms with van der Waals surface area (Å²) in [4.78, 5) is 11.3. The summed E-state index contributed by atoms with van der Waals surface area (Å²) in [5.74, 6) is 0.0309. The summed E-state index contributed by atoms with van der Waals surface area (Å²) in [7, 11) is 0. The molecule has 0 radical (unpaired) electrons. The molecule has 2 aromatic carbocycles. The van der Waals surface area contributed by atoms with E-state index in [1.54, 1.807) is 0 Å². The molecule has 2 aliphatic rings. The van der Waals surface area contributed by atoms with Crippen molar-refractivity contribution in [1.82, 2.24) is 0 Å². The van der Waals surface area contributed by atoms with Gasteiger partial charge < -0.3 is 14.6 Å². The second-order valence-electron chi connectivity index (χ2n) is 7.33. The molecule has 0 spiro atoms. The number of allylic oxidation sites excluding steroid dienone is 1. The lowest BCUT2D eigenvalue weighted by Gasteiger charge is -2.24. The Bertz CT molecular complexity index is 928. The van der Waals surface area contributed by atoms with E-state index < -0.39 is 5.79 Å². The predicted molar refractivity (Wildman–Crippen MR) is 104 cm³/mol. The van der Waals surface area contributed by atoms with Gasteiger partial charge in [0.1, 0.15) is 17.8 Å². The number of fused-ring (bicyclic) bond motifs is 2. The molecule has 4 rings (SSSR count). The van der Waals surface area contributed by atoms with Crippen LogP contribution in [0.3, 0.4) is 0 Å². The van der Waals surface area contributed by atoms with Crippen LogP contribution >= 0.6 is 0 Å². The summed E-state index contributed by atoms with van der Waals surface area (Å²) in [5.41, 5.74) is 5.46. The van der Waals surface area contributed by atoms with Crippen molar-refractivity contribution in [2.45, 2.75) is 45.3 Å². The van der Waals surface area contributed by atoms with Crippen molar-refractivity contribution in [2.75, 3.05) is 6.61 Å². The second-order valence-corrected chi connectivity index (χ2v) is 7.33. The van der Waals surface area contributed by atoms with E-state index in [1.807, 2.05) is 37.3 Å². The Hall–Kier alpha value is -2.59. The molecule has 27 heavy (non-hydrogen) atoms. The third-order valence-corrected chi connectivity index (χ3v) is 5.47. The molecule has 1 N–H and O–H groups in total. The first kappa shape index (κ1) is 17.8. The third kappa shape index (κ3) is 3.15. The summed E-state index contributed by atoms with van der Waals surface area (Å²) in [5, 5.41) is 11.2. The van der Waals surface area contributed by atoms with E-state index in [0.717, 1.165) is 47.2 Å². The summed E-state index contributed by atoms with van der Waals surface area (Å²) >= 11 is 0. The van der Waals surface area contributed by atoms with Crippen molar-refractivity contribution in [1.29, 1.82) is 0 Å². The van der Waals surface area contributed by atoms with Crippen LogP contribution in [0, 0.1) is 0 Å². The summed E-state index contributed by atoms with van der Waals surface area (Å²) in [6.07, 6.45) is 3.96. The first-order valence-electron chi connectivity index (χ1n) is 9.50. The summed E-state index contributed by atoms with van der Waals surface area (Å²) < 4.78 is 11.8. The number of benzene rings is 2. The zero-order valence-electron chi connectivity index (χ0n) is 15.7. The van der Waals surface area contributed by atoms with E-state index in [2.05, 4.69) is 13.0 Å². The van der Waals surface area contributed by atoms with Crippen LogP contribution in [-0.2, 0) is 23.4 Å². The molecule has 0 aromatic heterocycles. The number of aliphatic hydroxyl groups is 1. The number of carbonyl (C=O) groups is 1. The minimum Gasteiger partial charge on any atom is -0.493 e. The highest BCUT2D eigenvalue weighted by Crippen LogP contribution is 2.42. The zero-order chi connectivity index (χ0) is 19.0. The quantitative estimate of drug-likeness (QED) is 0.827. The largest absolute Gasteiger partial charge is 0.493 e. The second kappa shape index (κ2) is 6.86. The van der Waals surface area contributed by atoms with Crippen molar-refractivity contribution in [3.8, 4) is 11.5 Å². The van der Waals surface area contributed by atoms with Gasteiger partial charge in [-0.15, -0.1) is 0 Å². The lowest BCUT2D eigenvalue weighted by Crippen LogP contribution is -2.30. The Morgan fingerprint density at radius 3 is 2.81 bits per heavy atom. The highest BCUT2D eigenvalue weighted by molar-refractivity contribution is 5.89. The highest BCUT2D eigenvalue weighted by Gasteiger charge is 2.40. The molecular formula is C23H24O4. The topological polar surface area (TPSA) is 55.8 Å². The molecule has 1 unspecified atom stereocenters. The summed E-state index contributed by atoms with van der Waals surface area (Å²) in [6, 6.07) is 11.8. The number of rotatable bonds is 4. The normalized spacial score (nSPS) is 21.0. The van der Waals surface area contributed by atoms with Crippen LogP contribution in [0.15, 0.2) is 42.0 Å². The first-order valence-corrected chi connectivity index (χ1v) is 9.50.